The second kappa shape index (κ2) is 7.80. The Balaban J connectivity index is 2.50. The molecule has 1 aromatic heterocycles. The van der Waals surface area contributed by atoms with Crippen molar-refractivity contribution in [1.29, 1.82) is 0 Å². The van der Waals surface area contributed by atoms with Crippen molar-refractivity contribution in [3.63, 3.8) is 0 Å². The van der Waals surface area contributed by atoms with Gasteiger partial charge >= 0.3 is 0 Å². The fourth-order valence-corrected chi connectivity index (χ4v) is 4.69. The van der Waals surface area contributed by atoms with Gasteiger partial charge in [0, 0.05) is 14.5 Å². The molecule has 21 heavy (non-hydrogen) atoms. The Hall–Kier alpha value is 0.420. The first-order valence-corrected chi connectivity index (χ1v) is 9.73. The molecule has 0 bridgehead atoms. The summed E-state index contributed by atoms with van der Waals surface area (Å²) in [5.74, 6) is 0. The molecule has 1 aromatic carbocycles. The number of nitrogens with one attached hydrogen (secondary N) is 1. The zero-order valence-corrected chi connectivity index (χ0v) is 17.1. The van der Waals surface area contributed by atoms with E-state index in [-0.39, 0.29) is 6.04 Å². The molecule has 0 aliphatic heterocycles. The molecule has 0 fully saturated rings. The van der Waals surface area contributed by atoms with E-state index < -0.39 is 0 Å². The highest BCUT2D eigenvalue weighted by Gasteiger charge is 2.22. The van der Waals surface area contributed by atoms with Crippen LogP contribution in [0.4, 0.5) is 0 Å². The summed E-state index contributed by atoms with van der Waals surface area (Å²) in [5, 5.41) is 3.56. The predicted octanol–water partition coefficient (Wildman–Crippen LogP) is 6.98. The van der Waals surface area contributed by atoms with Crippen molar-refractivity contribution >= 4 is 66.4 Å². The minimum atomic E-state index is 0.0208. The summed E-state index contributed by atoms with van der Waals surface area (Å²) < 4.78 is 3.59. The number of hydrogen-bond acceptors (Lipinski definition) is 2. The van der Waals surface area contributed by atoms with Crippen LogP contribution in [0.5, 0.6) is 0 Å². The number of aryl methyl sites for hydroxylation is 1. The molecule has 1 heterocycles. The van der Waals surface area contributed by atoms with Crippen molar-refractivity contribution in [2.24, 2.45) is 0 Å². The maximum Gasteiger partial charge on any atom is 0.0995 e. The molecule has 1 unspecified atom stereocenters. The fourth-order valence-electron chi connectivity index (χ4n) is 2.11. The summed E-state index contributed by atoms with van der Waals surface area (Å²) in [5.41, 5.74) is 3.36. The first-order chi connectivity index (χ1) is 9.93. The van der Waals surface area contributed by atoms with Crippen LogP contribution >= 0.6 is 66.4 Å². The molecule has 1 N–H and O–H groups in total. The molecule has 0 aliphatic rings. The van der Waals surface area contributed by atoms with Gasteiger partial charge in [0.05, 0.1) is 14.7 Å². The lowest BCUT2D eigenvalue weighted by Gasteiger charge is -2.21. The highest BCUT2D eigenvalue weighted by molar-refractivity contribution is 9.11. The van der Waals surface area contributed by atoms with Gasteiger partial charge in [0.1, 0.15) is 0 Å². The molecule has 0 saturated heterocycles. The highest BCUT2D eigenvalue weighted by atomic mass is 79.9. The Morgan fingerprint density at radius 3 is 2.43 bits per heavy atom. The first kappa shape index (κ1) is 17.8. The molecule has 1 nitrogen and oxygen atoms in total. The van der Waals surface area contributed by atoms with Crippen LogP contribution in [0.25, 0.3) is 0 Å². The van der Waals surface area contributed by atoms with E-state index in [9.17, 15) is 0 Å². The van der Waals surface area contributed by atoms with Crippen molar-refractivity contribution in [3.8, 4) is 0 Å². The van der Waals surface area contributed by atoms with E-state index in [1.54, 1.807) is 0 Å². The van der Waals surface area contributed by atoms with Crippen molar-refractivity contribution in [3.05, 3.63) is 52.5 Å². The number of rotatable bonds is 5. The van der Waals surface area contributed by atoms with Gasteiger partial charge in [-0.3, -0.25) is 0 Å². The Morgan fingerprint density at radius 1 is 1.14 bits per heavy atom. The third kappa shape index (κ3) is 4.24. The second-order valence-corrected chi connectivity index (χ2v) is 8.78. The van der Waals surface area contributed by atoms with Crippen LogP contribution in [0.1, 0.15) is 36.1 Å². The van der Waals surface area contributed by atoms with Gasteiger partial charge in [0.25, 0.3) is 0 Å². The molecule has 114 valence electrons. The van der Waals surface area contributed by atoms with Gasteiger partial charge in [-0.05, 0) is 49.2 Å². The van der Waals surface area contributed by atoms with E-state index in [0.29, 0.717) is 4.34 Å². The molecule has 1 atom stereocenters. The minimum Gasteiger partial charge on any atom is -0.306 e. The summed E-state index contributed by atoms with van der Waals surface area (Å²) in [4.78, 5) is 0. The van der Waals surface area contributed by atoms with Crippen LogP contribution in [0, 0.1) is 6.92 Å². The predicted molar refractivity (Wildman–Crippen MR) is 101 cm³/mol. The van der Waals surface area contributed by atoms with Gasteiger partial charge < -0.3 is 5.32 Å². The lowest BCUT2D eigenvalue weighted by molar-refractivity contribution is 0.598. The van der Waals surface area contributed by atoms with E-state index >= 15 is 0 Å². The van der Waals surface area contributed by atoms with Gasteiger partial charge in [0.15, 0.2) is 0 Å². The third-order valence-electron chi connectivity index (χ3n) is 3.18. The molecular weight excluding hydrogens is 457 g/mol. The molecule has 0 spiro atoms. The van der Waals surface area contributed by atoms with Crippen LogP contribution in [0.3, 0.4) is 0 Å². The fraction of sp³-hybridized carbons (Fsp3) is 0.333. The van der Waals surface area contributed by atoms with Crippen LogP contribution in [0.15, 0.2) is 27.1 Å². The molecule has 2 aromatic rings. The Kier molecular flexibility index (Phi) is 6.60. The van der Waals surface area contributed by atoms with Crippen LogP contribution in [0.2, 0.25) is 8.67 Å². The lowest BCUT2D eigenvalue weighted by atomic mass is 10.00. The van der Waals surface area contributed by atoms with Crippen LogP contribution in [-0.2, 0) is 0 Å². The number of benzene rings is 1. The summed E-state index contributed by atoms with van der Waals surface area (Å²) in [7, 11) is 0. The number of hydrogen-bond donors (Lipinski definition) is 1. The Morgan fingerprint density at radius 2 is 1.86 bits per heavy atom. The largest absolute Gasteiger partial charge is 0.306 e. The van der Waals surface area contributed by atoms with Gasteiger partial charge in [-0.15, -0.1) is 11.3 Å². The quantitative estimate of drug-likeness (QED) is 0.496. The zero-order chi connectivity index (χ0) is 15.6. The number of halogens is 4. The minimum absolute atomic E-state index is 0.0208. The van der Waals surface area contributed by atoms with E-state index in [0.717, 1.165) is 37.4 Å². The normalized spacial score (nSPS) is 12.7. The first-order valence-electron chi connectivity index (χ1n) is 6.57. The van der Waals surface area contributed by atoms with Gasteiger partial charge in [0.2, 0.25) is 0 Å². The molecule has 0 saturated carbocycles. The van der Waals surface area contributed by atoms with Crippen LogP contribution < -0.4 is 5.32 Å². The number of thiophene rings is 1. The molecular formula is C15H15Br2Cl2NS. The maximum atomic E-state index is 6.36. The van der Waals surface area contributed by atoms with Gasteiger partial charge in [-0.25, -0.2) is 0 Å². The molecule has 2 rings (SSSR count). The zero-order valence-electron chi connectivity index (χ0n) is 11.6. The van der Waals surface area contributed by atoms with E-state index in [4.69, 9.17) is 23.2 Å². The van der Waals surface area contributed by atoms with Gasteiger partial charge in [-0.1, -0.05) is 62.0 Å². The highest BCUT2D eigenvalue weighted by Crippen LogP contribution is 2.40. The average molecular weight is 472 g/mol. The third-order valence-corrected chi connectivity index (χ3v) is 6.24. The van der Waals surface area contributed by atoms with Crippen molar-refractivity contribution < 1.29 is 0 Å². The van der Waals surface area contributed by atoms with E-state index in [1.165, 1.54) is 16.9 Å². The van der Waals surface area contributed by atoms with Crippen molar-refractivity contribution in [1.82, 2.24) is 5.32 Å². The van der Waals surface area contributed by atoms with Crippen LogP contribution in [-0.4, -0.2) is 6.54 Å². The summed E-state index contributed by atoms with van der Waals surface area (Å²) in [6.07, 6.45) is 1.05. The smallest absolute Gasteiger partial charge is 0.0995 e. The molecule has 0 amide bonds. The van der Waals surface area contributed by atoms with Gasteiger partial charge in [-0.2, -0.15) is 0 Å². The topological polar surface area (TPSA) is 12.0 Å². The van der Waals surface area contributed by atoms with Crippen molar-refractivity contribution in [2.75, 3.05) is 6.54 Å². The Labute approximate surface area is 156 Å². The maximum absolute atomic E-state index is 6.36. The molecule has 0 aliphatic carbocycles. The Bertz CT molecular complexity index is 643. The summed E-state index contributed by atoms with van der Waals surface area (Å²) in [6.45, 7) is 5.13. The molecule has 6 heteroatoms. The summed E-state index contributed by atoms with van der Waals surface area (Å²) in [6, 6.07) is 6.21. The molecule has 0 radical (unpaired) electrons. The monoisotopic (exact) mass is 469 g/mol. The lowest BCUT2D eigenvalue weighted by Crippen LogP contribution is -2.23. The standard InChI is InChI=1S/C15H15Br2Cl2NS/c1-3-4-20-14(10-7-13(18)21-15(10)19)9-6-11(16)8(2)5-12(9)17/h5-7,14,20H,3-4H2,1-2H3. The van der Waals surface area contributed by atoms with E-state index in [2.05, 4.69) is 63.2 Å². The second-order valence-electron chi connectivity index (χ2n) is 4.79. The summed E-state index contributed by atoms with van der Waals surface area (Å²) >= 11 is 21.2. The average Bonchev–Trinajstić information content (AvgIpc) is 2.75. The van der Waals surface area contributed by atoms with E-state index in [1.807, 2.05) is 6.07 Å². The SMILES string of the molecule is CCCNC(c1cc(Br)c(C)cc1Br)c1cc(Cl)sc1Cl. The van der Waals surface area contributed by atoms with Crippen molar-refractivity contribution in [2.45, 2.75) is 26.3 Å².